The van der Waals surface area contributed by atoms with E-state index in [0.29, 0.717) is 5.69 Å². The molecule has 31 heavy (non-hydrogen) atoms. The van der Waals surface area contributed by atoms with E-state index in [2.05, 4.69) is 5.43 Å². The maximum Gasteiger partial charge on any atom is 0.434 e. The van der Waals surface area contributed by atoms with Gasteiger partial charge in [0.05, 0.1) is 7.11 Å². The predicted octanol–water partition coefficient (Wildman–Crippen LogP) is 4.26. The highest BCUT2D eigenvalue weighted by molar-refractivity contribution is 5.92. The topological polar surface area (TPSA) is 103 Å². The molecule has 0 radical (unpaired) electrons. The van der Waals surface area contributed by atoms with Crippen LogP contribution in [0.4, 0.5) is 21.0 Å². The molecule has 0 aromatic heterocycles. The second-order valence-electron chi connectivity index (χ2n) is 6.48. The molecule has 3 aromatic rings. The first-order chi connectivity index (χ1) is 15.1. The first-order valence-corrected chi connectivity index (χ1v) is 9.48. The van der Waals surface area contributed by atoms with E-state index in [1.165, 1.54) is 19.2 Å². The quantitative estimate of drug-likeness (QED) is 0.455. The first kappa shape index (κ1) is 21.5. The van der Waals surface area contributed by atoms with Crippen molar-refractivity contribution in [1.29, 1.82) is 0 Å². The van der Waals surface area contributed by atoms with Crippen molar-refractivity contribution in [2.75, 3.05) is 17.9 Å². The zero-order valence-corrected chi connectivity index (χ0v) is 17.0. The number of anilines is 2. The molecule has 8 nitrogen and oxygen atoms in total. The maximum atomic E-state index is 12.8. The van der Waals surface area contributed by atoms with Gasteiger partial charge < -0.3 is 19.9 Å². The molecule has 0 aliphatic heterocycles. The normalized spacial score (nSPS) is 10.1. The smallest absolute Gasteiger partial charge is 0.434 e. The number of nitrogens with zero attached hydrogens (tertiary/aromatic N) is 1. The van der Waals surface area contributed by atoms with Crippen molar-refractivity contribution >= 4 is 23.6 Å². The van der Waals surface area contributed by atoms with Crippen LogP contribution in [-0.2, 0) is 22.7 Å². The van der Waals surface area contributed by atoms with E-state index >= 15 is 0 Å². The Labute approximate surface area is 180 Å². The van der Waals surface area contributed by atoms with Crippen molar-refractivity contribution < 1.29 is 23.8 Å². The fraction of sp³-hybridized carbons (Fsp3) is 0.130. The molecular formula is C23H23N3O5. The van der Waals surface area contributed by atoms with Crippen LogP contribution in [0.1, 0.15) is 11.1 Å². The molecule has 0 aliphatic rings. The Morgan fingerprint density at radius 2 is 1.45 bits per heavy atom. The summed E-state index contributed by atoms with van der Waals surface area (Å²) >= 11 is 0. The van der Waals surface area contributed by atoms with Crippen LogP contribution < -0.4 is 20.9 Å². The number of hydrogen-bond donors (Lipinski definition) is 2. The number of amides is 2. The van der Waals surface area contributed by atoms with Crippen molar-refractivity contribution in [1.82, 2.24) is 5.43 Å². The van der Waals surface area contributed by atoms with Gasteiger partial charge in [-0.15, -0.1) is 0 Å². The van der Waals surface area contributed by atoms with E-state index in [0.717, 1.165) is 16.1 Å². The number of nitrogens with one attached hydrogen (secondary N) is 1. The number of nitrogen functional groups attached to an aromatic ring is 1. The third-order valence-corrected chi connectivity index (χ3v) is 4.25. The Kier molecular flexibility index (Phi) is 7.31. The lowest BCUT2D eigenvalue weighted by Gasteiger charge is -2.24. The highest BCUT2D eigenvalue weighted by atomic mass is 16.6. The van der Waals surface area contributed by atoms with Gasteiger partial charge in [0.15, 0.2) is 0 Å². The lowest BCUT2D eigenvalue weighted by atomic mass is 10.2. The number of carbonyl (C=O) groups is 2. The maximum absolute atomic E-state index is 12.8. The molecule has 0 aliphatic carbocycles. The molecule has 0 bridgehead atoms. The molecular weight excluding hydrogens is 398 g/mol. The van der Waals surface area contributed by atoms with Crippen molar-refractivity contribution in [2.24, 2.45) is 0 Å². The minimum atomic E-state index is -0.834. The van der Waals surface area contributed by atoms with Gasteiger partial charge in [0.2, 0.25) is 0 Å². The van der Waals surface area contributed by atoms with Crippen molar-refractivity contribution in [3.63, 3.8) is 0 Å². The summed E-state index contributed by atoms with van der Waals surface area (Å²) in [7, 11) is 1.43. The number of ether oxygens (including phenoxy) is 3. The number of hydrazine groups is 1. The van der Waals surface area contributed by atoms with Gasteiger partial charge in [-0.25, -0.2) is 15.0 Å². The van der Waals surface area contributed by atoms with Crippen molar-refractivity contribution in [3.8, 4) is 5.75 Å². The minimum absolute atomic E-state index is 0.0220. The van der Waals surface area contributed by atoms with Crippen molar-refractivity contribution in [2.45, 2.75) is 13.2 Å². The second-order valence-corrected chi connectivity index (χ2v) is 6.48. The number of methoxy groups -OCH3 is 1. The van der Waals surface area contributed by atoms with E-state index in [4.69, 9.17) is 19.9 Å². The molecule has 0 heterocycles. The van der Waals surface area contributed by atoms with Crippen LogP contribution in [0.2, 0.25) is 0 Å². The Morgan fingerprint density at radius 1 is 0.871 bits per heavy atom. The molecule has 2 amide bonds. The molecule has 0 atom stereocenters. The number of hydrogen-bond acceptors (Lipinski definition) is 6. The summed E-state index contributed by atoms with van der Waals surface area (Å²) in [5.41, 5.74) is 10.5. The Morgan fingerprint density at radius 3 is 2.03 bits per heavy atom. The summed E-state index contributed by atoms with van der Waals surface area (Å²) in [5.74, 6) is 0.278. The molecule has 3 aromatic carbocycles. The largest absolute Gasteiger partial charge is 0.494 e. The van der Waals surface area contributed by atoms with E-state index in [-0.39, 0.29) is 24.7 Å². The lowest BCUT2D eigenvalue weighted by Crippen LogP contribution is -2.47. The zero-order chi connectivity index (χ0) is 22.1. The summed E-state index contributed by atoms with van der Waals surface area (Å²) in [6, 6.07) is 23.0. The summed E-state index contributed by atoms with van der Waals surface area (Å²) in [4.78, 5) is 25.2. The number of benzene rings is 3. The summed E-state index contributed by atoms with van der Waals surface area (Å²) in [6.07, 6.45) is -1.65. The highest BCUT2D eigenvalue weighted by Gasteiger charge is 2.24. The highest BCUT2D eigenvalue weighted by Crippen LogP contribution is 2.30. The monoisotopic (exact) mass is 421 g/mol. The molecule has 3 rings (SSSR count). The average Bonchev–Trinajstić information content (AvgIpc) is 2.81. The summed E-state index contributed by atoms with van der Waals surface area (Å²) < 4.78 is 15.9. The molecule has 0 saturated heterocycles. The molecule has 8 heteroatoms. The van der Waals surface area contributed by atoms with Crippen LogP contribution in [0.25, 0.3) is 0 Å². The second kappa shape index (κ2) is 10.5. The van der Waals surface area contributed by atoms with Crippen LogP contribution in [0, 0.1) is 0 Å². The van der Waals surface area contributed by atoms with Crippen molar-refractivity contribution in [3.05, 3.63) is 90.0 Å². The first-order valence-electron chi connectivity index (χ1n) is 9.48. The molecule has 160 valence electrons. The van der Waals surface area contributed by atoms with E-state index in [9.17, 15) is 9.59 Å². The van der Waals surface area contributed by atoms with Crippen LogP contribution in [0.5, 0.6) is 5.75 Å². The van der Waals surface area contributed by atoms with Crippen LogP contribution in [0.3, 0.4) is 0 Å². The fourth-order valence-corrected chi connectivity index (χ4v) is 2.71. The van der Waals surface area contributed by atoms with E-state index in [1.807, 2.05) is 60.7 Å². The predicted molar refractivity (Wildman–Crippen MR) is 116 cm³/mol. The summed E-state index contributed by atoms with van der Waals surface area (Å²) in [6.45, 7) is 0.0622. The van der Waals surface area contributed by atoms with Gasteiger partial charge in [0.25, 0.3) is 0 Å². The lowest BCUT2D eigenvalue weighted by molar-refractivity contribution is 0.126. The molecule has 0 fully saturated rings. The van der Waals surface area contributed by atoms with Gasteiger partial charge in [0.1, 0.15) is 24.7 Å². The van der Waals surface area contributed by atoms with Crippen LogP contribution >= 0.6 is 0 Å². The Hall–Kier alpha value is -4.20. The van der Waals surface area contributed by atoms with Crippen LogP contribution in [-0.4, -0.2) is 19.3 Å². The number of rotatable bonds is 6. The van der Waals surface area contributed by atoms with Gasteiger partial charge in [-0.3, -0.25) is 0 Å². The van der Waals surface area contributed by atoms with E-state index < -0.39 is 12.2 Å². The van der Waals surface area contributed by atoms with Gasteiger partial charge in [-0.1, -0.05) is 60.7 Å². The molecule has 0 spiro atoms. The van der Waals surface area contributed by atoms with E-state index in [1.54, 1.807) is 6.07 Å². The third kappa shape index (κ3) is 6.14. The minimum Gasteiger partial charge on any atom is -0.494 e. The van der Waals surface area contributed by atoms with Gasteiger partial charge in [-0.2, -0.15) is 5.01 Å². The molecule has 0 unspecified atom stereocenters. The van der Waals surface area contributed by atoms with Gasteiger partial charge >= 0.3 is 12.2 Å². The molecule has 3 N–H and O–H groups in total. The third-order valence-electron chi connectivity index (χ3n) is 4.25. The Bertz CT molecular complexity index is 1010. The van der Waals surface area contributed by atoms with Gasteiger partial charge in [-0.05, 0) is 23.3 Å². The zero-order valence-electron chi connectivity index (χ0n) is 17.0. The number of carbonyl (C=O) groups excluding carboxylic acids is 2. The van der Waals surface area contributed by atoms with Crippen LogP contribution in [0.15, 0.2) is 78.9 Å². The SMILES string of the molecule is COc1cc(N)ccc1N(NC(=O)OCc1ccccc1)C(=O)OCc1ccccc1. The molecule has 0 saturated carbocycles. The number of nitrogens with two attached hydrogens (primary N) is 1. The summed E-state index contributed by atoms with van der Waals surface area (Å²) in [5, 5.41) is 0.925. The van der Waals surface area contributed by atoms with Gasteiger partial charge in [0, 0.05) is 11.8 Å². The Balaban J connectivity index is 1.75. The average molecular weight is 421 g/mol. The fourth-order valence-electron chi connectivity index (χ4n) is 2.71. The standard InChI is InChI=1S/C23H23N3O5/c1-29-21-14-19(24)12-13-20(21)26(23(28)31-16-18-10-6-3-7-11-18)25-22(27)30-15-17-8-4-2-5-9-17/h2-14H,15-16,24H2,1H3,(H,25,27).